The van der Waals surface area contributed by atoms with E-state index in [1.165, 1.54) is 0 Å². The Kier molecular flexibility index (Phi) is 3.88. The van der Waals surface area contributed by atoms with Crippen molar-refractivity contribution in [2.75, 3.05) is 0 Å². The molecule has 1 aromatic carbocycles. The zero-order valence-corrected chi connectivity index (χ0v) is 10.8. The fraction of sp³-hybridized carbons (Fsp3) is 0.364. The van der Waals surface area contributed by atoms with Crippen LogP contribution in [0.5, 0.6) is 0 Å². The number of halogens is 1. The van der Waals surface area contributed by atoms with Crippen LogP contribution in [0.1, 0.15) is 26.3 Å². The van der Waals surface area contributed by atoms with E-state index in [-0.39, 0.29) is 5.54 Å². The second-order valence-corrected chi connectivity index (χ2v) is 5.11. The molecule has 0 spiro atoms. The molecular weight excluding hydrogens is 254 g/mol. The van der Waals surface area contributed by atoms with Gasteiger partial charge < -0.3 is 5.43 Å². The molecule has 0 aliphatic rings. The van der Waals surface area contributed by atoms with Crippen molar-refractivity contribution in [3.63, 3.8) is 0 Å². The van der Waals surface area contributed by atoms with E-state index in [9.17, 15) is 0 Å². The van der Waals surface area contributed by atoms with Crippen LogP contribution < -0.4 is 11.3 Å². The molecule has 0 amide bonds. The lowest BCUT2D eigenvalue weighted by molar-refractivity contribution is 0.580. The van der Waals surface area contributed by atoms with E-state index >= 15 is 0 Å². The molecule has 15 heavy (non-hydrogen) atoms. The average molecular weight is 270 g/mol. The summed E-state index contributed by atoms with van der Waals surface area (Å²) in [7, 11) is 0. The lowest BCUT2D eigenvalue weighted by Crippen LogP contribution is -2.33. The predicted molar refractivity (Wildman–Crippen MR) is 67.8 cm³/mol. The molecule has 1 aromatic rings. The molecule has 1 rings (SSSR count). The van der Waals surface area contributed by atoms with Gasteiger partial charge in [-0.15, -0.1) is 0 Å². The summed E-state index contributed by atoms with van der Waals surface area (Å²) in [5.74, 6) is 6.17. The maximum Gasteiger partial charge on any atom is 0.144 e. The highest BCUT2D eigenvalue weighted by atomic mass is 79.9. The van der Waals surface area contributed by atoms with Gasteiger partial charge in [0.25, 0.3) is 0 Å². The number of nitrogens with two attached hydrogens (primary N) is 1. The van der Waals surface area contributed by atoms with Gasteiger partial charge in [0.15, 0.2) is 0 Å². The Bertz CT molecular complexity index is 366. The average Bonchev–Trinajstić information content (AvgIpc) is 2.14. The fourth-order valence-electron chi connectivity index (χ4n) is 1.16. The van der Waals surface area contributed by atoms with Crippen LogP contribution in [-0.4, -0.2) is 11.4 Å². The molecule has 3 N–H and O–H groups in total. The Hall–Kier alpha value is -0.870. The standard InChI is InChI=1S/C11H16BrN3/c1-11(2,3)14-10(15-13)8-6-4-5-7-9(8)12/h4-7H,13H2,1-3H3,(H,14,15). The van der Waals surface area contributed by atoms with Gasteiger partial charge in [-0.2, -0.15) is 0 Å². The van der Waals surface area contributed by atoms with Crippen molar-refractivity contribution < 1.29 is 0 Å². The molecule has 0 atom stereocenters. The molecule has 4 heteroatoms. The highest BCUT2D eigenvalue weighted by Gasteiger charge is 2.12. The van der Waals surface area contributed by atoms with Gasteiger partial charge in [-0.1, -0.05) is 34.1 Å². The van der Waals surface area contributed by atoms with Gasteiger partial charge in [0.05, 0.1) is 5.54 Å². The molecule has 0 radical (unpaired) electrons. The first-order valence-electron chi connectivity index (χ1n) is 4.75. The molecule has 0 aromatic heterocycles. The van der Waals surface area contributed by atoms with Gasteiger partial charge in [0.2, 0.25) is 0 Å². The summed E-state index contributed by atoms with van der Waals surface area (Å²) in [4.78, 5) is 4.51. The maximum absolute atomic E-state index is 5.48. The molecule has 0 fully saturated rings. The largest absolute Gasteiger partial charge is 0.308 e. The number of hydrogen-bond donors (Lipinski definition) is 2. The van der Waals surface area contributed by atoms with Crippen LogP contribution in [0.3, 0.4) is 0 Å². The van der Waals surface area contributed by atoms with Crippen LogP contribution in [0.2, 0.25) is 0 Å². The van der Waals surface area contributed by atoms with Crippen LogP contribution in [0.4, 0.5) is 0 Å². The Morgan fingerprint density at radius 1 is 1.33 bits per heavy atom. The summed E-state index contributed by atoms with van der Waals surface area (Å²) in [6.07, 6.45) is 0. The van der Waals surface area contributed by atoms with Crippen LogP contribution in [-0.2, 0) is 0 Å². The molecule has 0 saturated carbocycles. The van der Waals surface area contributed by atoms with Crippen molar-refractivity contribution in [2.24, 2.45) is 10.8 Å². The Morgan fingerprint density at radius 3 is 2.40 bits per heavy atom. The zero-order valence-electron chi connectivity index (χ0n) is 9.21. The van der Waals surface area contributed by atoms with Crippen molar-refractivity contribution in [3.05, 3.63) is 34.3 Å². The molecule has 3 nitrogen and oxygen atoms in total. The van der Waals surface area contributed by atoms with E-state index < -0.39 is 0 Å². The zero-order chi connectivity index (χ0) is 11.5. The first kappa shape index (κ1) is 12.2. The first-order chi connectivity index (χ1) is 6.94. The number of benzene rings is 1. The summed E-state index contributed by atoms with van der Waals surface area (Å²) in [6, 6.07) is 7.84. The third-order valence-electron chi connectivity index (χ3n) is 1.71. The molecule has 82 valence electrons. The Morgan fingerprint density at radius 2 is 1.93 bits per heavy atom. The lowest BCUT2D eigenvalue weighted by Gasteiger charge is -2.16. The summed E-state index contributed by atoms with van der Waals surface area (Å²) in [6.45, 7) is 6.09. The van der Waals surface area contributed by atoms with Gasteiger partial charge in [-0.3, -0.25) is 4.99 Å². The predicted octanol–water partition coefficient (Wildman–Crippen LogP) is 2.46. The van der Waals surface area contributed by atoms with E-state index in [1.54, 1.807) is 0 Å². The monoisotopic (exact) mass is 269 g/mol. The van der Waals surface area contributed by atoms with Gasteiger partial charge in [0.1, 0.15) is 5.84 Å². The number of nitrogens with one attached hydrogen (secondary N) is 1. The summed E-state index contributed by atoms with van der Waals surface area (Å²) >= 11 is 3.47. The molecule has 0 unspecified atom stereocenters. The summed E-state index contributed by atoms with van der Waals surface area (Å²) < 4.78 is 0.978. The number of rotatable bonds is 1. The normalized spacial score (nSPS) is 12.7. The number of hydrazine groups is 1. The van der Waals surface area contributed by atoms with Gasteiger partial charge in [-0.05, 0) is 26.8 Å². The number of hydrogen-bond acceptors (Lipinski definition) is 2. The van der Waals surface area contributed by atoms with Crippen molar-refractivity contribution >= 4 is 21.8 Å². The van der Waals surface area contributed by atoms with Gasteiger partial charge >= 0.3 is 0 Å². The molecule has 0 heterocycles. The van der Waals surface area contributed by atoms with Crippen molar-refractivity contribution in [2.45, 2.75) is 26.3 Å². The Balaban J connectivity index is 3.14. The van der Waals surface area contributed by atoms with E-state index in [0.29, 0.717) is 5.84 Å². The van der Waals surface area contributed by atoms with E-state index in [4.69, 9.17) is 5.84 Å². The second-order valence-electron chi connectivity index (χ2n) is 4.26. The maximum atomic E-state index is 5.48. The van der Waals surface area contributed by atoms with E-state index in [2.05, 4.69) is 26.3 Å². The van der Waals surface area contributed by atoms with Crippen LogP contribution >= 0.6 is 15.9 Å². The molecule has 0 aliphatic carbocycles. The molecule has 0 bridgehead atoms. The molecular formula is C11H16BrN3. The molecule has 0 saturated heterocycles. The van der Waals surface area contributed by atoms with Crippen molar-refractivity contribution in [1.29, 1.82) is 0 Å². The minimum absolute atomic E-state index is 0.156. The SMILES string of the molecule is CC(C)(C)N=C(NN)c1ccccc1Br. The van der Waals surface area contributed by atoms with Gasteiger partial charge in [0, 0.05) is 10.0 Å². The lowest BCUT2D eigenvalue weighted by atomic mass is 10.1. The topological polar surface area (TPSA) is 50.4 Å². The highest BCUT2D eigenvalue weighted by molar-refractivity contribution is 9.10. The minimum atomic E-state index is -0.156. The van der Waals surface area contributed by atoms with Gasteiger partial charge in [-0.25, -0.2) is 5.84 Å². The second kappa shape index (κ2) is 4.77. The number of nitrogens with zero attached hydrogens (tertiary/aromatic N) is 1. The number of aliphatic imine (C=N–C) groups is 1. The fourth-order valence-corrected chi connectivity index (χ4v) is 1.63. The van der Waals surface area contributed by atoms with Crippen LogP contribution in [0, 0.1) is 0 Å². The number of amidine groups is 1. The Labute approximate surface area is 98.9 Å². The quantitative estimate of drug-likeness (QED) is 0.356. The molecule has 0 aliphatic heterocycles. The first-order valence-corrected chi connectivity index (χ1v) is 5.55. The van der Waals surface area contributed by atoms with E-state index in [1.807, 2.05) is 45.0 Å². The van der Waals surface area contributed by atoms with Crippen molar-refractivity contribution in [1.82, 2.24) is 5.43 Å². The van der Waals surface area contributed by atoms with Crippen LogP contribution in [0.25, 0.3) is 0 Å². The highest BCUT2D eigenvalue weighted by Crippen LogP contribution is 2.17. The van der Waals surface area contributed by atoms with E-state index in [0.717, 1.165) is 10.0 Å². The smallest absolute Gasteiger partial charge is 0.144 e. The minimum Gasteiger partial charge on any atom is -0.308 e. The summed E-state index contributed by atoms with van der Waals surface area (Å²) in [5.41, 5.74) is 3.45. The van der Waals surface area contributed by atoms with Crippen molar-refractivity contribution in [3.8, 4) is 0 Å². The summed E-state index contributed by atoms with van der Waals surface area (Å²) in [5, 5.41) is 0. The third kappa shape index (κ3) is 3.64. The third-order valence-corrected chi connectivity index (χ3v) is 2.40. The van der Waals surface area contributed by atoms with Crippen LogP contribution in [0.15, 0.2) is 33.7 Å².